The van der Waals surface area contributed by atoms with Gasteiger partial charge in [-0.3, -0.25) is 9.78 Å². The smallest absolute Gasteiger partial charge is 0.255 e. The van der Waals surface area contributed by atoms with Gasteiger partial charge < -0.3 is 14.9 Å². The molecule has 1 saturated heterocycles. The van der Waals surface area contributed by atoms with Gasteiger partial charge in [-0.15, -0.1) is 0 Å². The molecule has 0 spiro atoms. The summed E-state index contributed by atoms with van der Waals surface area (Å²) in [5.41, 5.74) is 3.14. The molecular formula is C16H23N3O2. The number of carbonyl (C=O) groups is 1. The van der Waals surface area contributed by atoms with Crippen LogP contribution in [0.5, 0.6) is 0 Å². The summed E-state index contributed by atoms with van der Waals surface area (Å²) in [4.78, 5) is 21.2. The first-order valence-corrected chi connectivity index (χ1v) is 7.73. The molecule has 0 unspecified atom stereocenters. The van der Waals surface area contributed by atoms with Gasteiger partial charge in [0.15, 0.2) is 0 Å². The number of aliphatic hydroxyl groups is 1. The summed E-state index contributed by atoms with van der Waals surface area (Å²) >= 11 is 0. The van der Waals surface area contributed by atoms with Crippen LogP contribution in [0.2, 0.25) is 0 Å². The van der Waals surface area contributed by atoms with Gasteiger partial charge in [0.2, 0.25) is 0 Å². The molecule has 21 heavy (non-hydrogen) atoms. The van der Waals surface area contributed by atoms with Crippen molar-refractivity contribution in [2.24, 2.45) is 5.92 Å². The number of aliphatic hydroxyl groups excluding tert-OH is 1. The van der Waals surface area contributed by atoms with E-state index in [0.717, 1.165) is 51.0 Å². The number of hydrogen-bond donors (Lipinski definition) is 1. The second-order valence-corrected chi connectivity index (χ2v) is 6.23. The highest BCUT2D eigenvalue weighted by Gasteiger charge is 2.27. The topological polar surface area (TPSA) is 56.7 Å². The standard InChI is InChI=1S/C16H23N3O2/c1-18-5-4-14-13(10-18)8-17-9-15(14)16(21)19-6-2-12(11-20)3-7-19/h8-9,12,20H,2-7,10-11H2,1H3. The molecule has 3 rings (SSSR count). The molecule has 0 bridgehead atoms. The first-order chi connectivity index (χ1) is 10.2. The number of carbonyl (C=O) groups excluding carboxylic acids is 1. The number of piperidine rings is 1. The first kappa shape index (κ1) is 14.5. The van der Waals surface area contributed by atoms with E-state index in [1.165, 1.54) is 11.1 Å². The van der Waals surface area contributed by atoms with Crippen LogP contribution in [0.15, 0.2) is 12.4 Å². The average molecular weight is 289 g/mol. The Morgan fingerprint density at radius 3 is 2.81 bits per heavy atom. The number of fused-ring (bicyclic) bond motifs is 1. The Balaban J connectivity index is 1.78. The second kappa shape index (κ2) is 6.12. The van der Waals surface area contributed by atoms with Crippen LogP contribution in [0.1, 0.15) is 34.3 Å². The summed E-state index contributed by atoms with van der Waals surface area (Å²) in [5, 5.41) is 9.20. The lowest BCUT2D eigenvalue weighted by molar-refractivity contribution is 0.0648. The summed E-state index contributed by atoms with van der Waals surface area (Å²) in [5.74, 6) is 0.464. The van der Waals surface area contributed by atoms with Gasteiger partial charge in [0.05, 0.1) is 5.56 Å². The molecule has 0 radical (unpaired) electrons. The molecule has 3 heterocycles. The Morgan fingerprint density at radius 1 is 1.33 bits per heavy atom. The number of aromatic nitrogens is 1. The molecule has 1 fully saturated rings. The van der Waals surface area contributed by atoms with Crippen molar-refractivity contribution in [3.05, 3.63) is 29.1 Å². The van der Waals surface area contributed by atoms with E-state index in [9.17, 15) is 9.90 Å². The number of amides is 1. The number of rotatable bonds is 2. The summed E-state index contributed by atoms with van der Waals surface area (Å²) in [6.07, 6.45) is 6.33. The van der Waals surface area contributed by atoms with Gasteiger partial charge in [-0.25, -0.2) is 0 Å². The van der Waals surface area contributed by atoms with E-state index in [2.05, 4.69) is 16.9 Å². The molecule has 5 heteroatoms. The first-order valence-electron chi connectivity index (χ1n) is 7.73. The third-order valence-electron chi connectivity index (χ3n) is 4.72. The fourth-order valence-corrected chi connectivity index (χ4v) is 3.31. The van der Waals surface area contributed by atoms with Crippen molar-refractivity contribution < 1.29 is 9.90 Å². The molecule has 5 nitrogen and oxygen atoms in total. The quantitative estimate of drug-likeness (QED) is 0.879. The zero-order chi connectivity index (χ0) is 14.8. The molecular weight excluding hydrogens is 266 g/mol. The van der Waals surface area contributed by atoms with E-state index in [4.69, 9.17) is 0 Å². The molecule has 2 aliphatic heterocycles. The highest BCUT2D eigenvalue weighted by Crippen LogP contribution is 2.24. The predicted molar refractivity (Wildman–Crippen MR) is 80.0 cm³/mol. The zero-order valence-corrected chi connectivity index (χ0v) is 12.6. The predicted octanol–water partition coefficient (Wildman–Crippen LogP) is 0.914. The molecule has 0 aliphatic carbocycles. The van der Waals surface area contributed by atoms with Crippen molar-refractivity contribution in [2.75, 3.05) is 33.3 Å². The maximum absolute atomic E-state index is 12.8. The SMILES string of the molecule is CN1CCc2c(cncc2C(=O)N2CCC(CO)CC2)C1. The number of likely N-dealkylation sites (tertiary alicyclic amines) is 1. The maximum Gasteiger partial charge on any atom is 0.255 e. The van der Waals surface area contributed by atoms with Gasteiger partial charge in [-0.1, -0.05) is 0 Å². The molecule has 1 aromatic heterocycles. The lowest BCUT2D eigenvalue weighted by Crippen LogP contribution is -2.40. The lowest BCUT2D eigenvalue weighted by Gasteiger charge is -2.32. The Morgan fingerprint density at radius 2 is 2.10 bits per heavy atom. The van der Waals surface area contributed by atoms with Crippen molar-refractivity contribution >= 4 is 5.91 Å². The van der Waals surface area contributed by atoms with E-state index in [-0.39, 0.29) is 12.5 Å². The summed E-state index contributed by atoms with van der Waals surface area (Å²) in [7, 11) is 2.09. The van der Waals surface area contributed by atoms with Gasteiger partial charge in [0.1, 0.15) is 0 Å². The lowest BCUT2D eigenvalue weighted by atomic mass is 9.94. The number of nitrogens with zero attached hydrogens (tertiary/aromatic N) is 3. The number of hydrogen-bond acceptors (Lipinski definition) is 4. The van der Waals surface area contributed by atoms with Crippen LogP contribution in [-0.4, -0.2) is 59.1 Å². The zero-order valence-electron chi connectivity index (χ0n) is 12.6. The van der Waals surface area contributed by atoms with E-state index < -0.39 is 0 Å². The van der Waals surface area contributed by atoms with Crippen LogP contribution in [0.4, 0.5) is 0 Å². The van der Waals surface area contributed by atoms with Gasteiger partial charge in [-0.05, 0) is 43.4 Å². The Hall–Kier alpha value is -1.46. The van der Waals surface area contributed by atoms with Crippen LogP contribution in [0.25, 0.3) is 0 Å². The normalized spacial score (nSPS) is 20.4. The van der Waals surface area contributed by atoms with Gasteiger partial charge in [0, 0.05) is 45.2 Å². The van der Waals surface area contributed by atoms with Crippen LogP contribution < -0.4 is 0 Å². The molecule has 1 aromatic rings. The van der Waals surface area contributed by atoms with E-state index in [0.29, 0.717) is 5.92 Å². The summed E-state index contributed by atoms with van der Waals surface area (Å²) in [6.45, 7) is 3.58. The Kier molecular flexibility index (Phi) is 4.22. The van der Waals surface area contributed by atoms with E-state index in [1.54, 1.807) is 6.20 Å². The summed E-state index contributed by atoms with van der Waals surface area (Å²) < 4.78 is 0. The van der Waals surface area contributed by atoms with E-state index >= 15 is 0 Å². The second-order valence-electron chi connectivity index (χ2n) is 6.23. The van der Waals surface area contributed by atoms with E-state index in [1.807, 2.05) is 11.1 Å². The van der Waals surface area contributed by atoms with Crippen molar-refractivity contribution in [2.45, 2.75) is 25.8 Å². The highest BCUT2D eigenvalue weighted by atomic mass is 16.3. The van der Waals surface area contributed by atoms with Gasteiger partial charge >= 0.3 is 0 Å². The Labute approximate surface area is 125 Å². The molecule has 2 aliphatic rings. The molecule has 114 valence electrons. The molecule has 1 amide bonds. The van der Waals surface area contributed by atoms with Crippen molar-refractivity contribution in [3.8, 4) is 0 Å². The van der Waals surface area contributed by atoms with Crippen molar-refractivity contribution in [1.82, 2.24) is 14.8 Å². The van der Waals surface area contributed by atoms with Crippen molar-refractivity contribution in [1.29, 1.82) is 0 Å². The maximum atomic E-state index is 12.8. The van der Waals surface area contributed by atoms with Crippen molar-refractivity contribution in [3.63, 3.8) is 0 Å². The third kappa shape index (κ3) is 2.94. The van der Waals surface area contributed by atoms with Gasteiger partial charge in [0.25, 0.3) is 5.91 Å². The monoisotopic (exact) mass is 289 g/mol. The number of likely N-dealkylation sites (N-methyl/N-ethyl adjacent to an activating group) is 1. The molecule has 0 aromatic carbocycles. The minimum atomic E-state index is 0.111. The van der Waals surface area contributed by atoms with Crippen LogP contribution in [0, 0.1) is 5.92 Å². The largest absolute Gasteiger partial charge is 0.396 e. The minimum Gasteiger partial charge on any atom is -0.396 e. The molecule has 0 saturated carbocycles. The van der Waals surface area contributed by atoms with Crippen LogP contribution in [-0.2, 0) is 13.0 Å². The fourth-order valence-electron chi connectivity index (χ4n) is 3.31. The average Bonchev–Trinajstić information content (AvgIpc) is 2.53. The third-order valence-corrected chi connectivity index (χ3v) is 4.72. The Bertz CT molecular complexity index is 524. The molecule has 0 atom stereocenters. The van der Waals surface area contributed by atoms with Crippen LogP contribution >= 0.6 is 0 Å². The summed E-state index contributed by atoms with van der Waals surface area (Å²) in [6, 6.07) is 0. The molecule has 1 N–H and O–H groups in total. The minimum absolute atomic E-state index is 0.111. The van der Waals surface area contributed by atoms with Crippen LogP contribution in [0.3, 0.4) is 0 Å². The fraction of sp³-hybridized carbons (Fsp3) is 0.625. The number of pyridine rings is 1. The highest BCUT2D eigenvalue weighted by molar-refractivity contribution is 5.95. The van der Waals surface area contributed by atoms with Gasteiger partial charge in [-0.2, -0.15) is 0 Å².